The van der Waals surface area contributed by atoms with Gasteiger partial charge in [0.25, 0.3) is 0 Å². The first-order chi connectivity index (χ1) is 9.52. The molecule has 0 aromatic rings. The van der Waals surface area contributed by atoms with Crippen LogP contribution in [-0.4, -0.2) is 59.4 Å². The first-order valence-electron chi connectivity index (χ1n) is 7.31. The zero-order chi connectivity index (χ0) is 14.7. The maximum Gasteiger partial charge on any atom is 0.250 e. The van der Waals surface area contributed by atoms with Crippen molar-refractivity contribution in [1.29, 1.82) is 0 Å². The lowest BCUT2D eigenvalue weighted by Crippen LogP contribution is -2.56. The van der Waals surface area contributed by atoms with Crippen molar-refractivity contribution in [2.75, 3.05) is 13.6 Å². The molecule has 6 heteroatoms. The third-order valence-electron chi connectivity index (χ3n) is 3.75. The van der Waals surface area contributed by atoms with Gasteiger partial charge in [-0.3, -0.25) is 19.7 Å². The monoisotopic (exact) mass is 280 g/mol. The molecule has 0 unspecified atom stereocenters. The predicted molar refractivity (Wildman–Crippen MR) is 79.0 cm³/mol. The molecule has 0 aromatic heterocycles. The van der Waals surface area contributed by atoms with E-state index >= 15 is 0 Å². The average Bonchev–Trinajstić information content (AvgIpc) is 2.41. The number of hydrogen-bond donors (Lipinski definition) is 2. The van der Waals surface area contributed by atoms with Crippen LogP contribution in [0.4, 0.5) is 0 Å². The van der Waals surface area contributed by atoms with E-state index in [0.717, 1.165) is 25.7 Å². The van der Waals surface area contributed by atoms with Gasteiger partial charge in [-0.05, 0) is 39.5 Å². The lowest BCUT2D eigenvalue weighted by molar-refractivity contribution is -0.128. The van der Waals surface area contributed by atoms with Gasteiger partial charge in [0.15, 0.2) is 11.7 Å². The van der Waals surface area contributed by atoms with E-state index in [-0.39, 0.29) is 30.6 Å². The molecule has 1 amide bonds. The maximum absolute atomic E-state index is 12.2. The summed E-state index contributed by atoms with van der Waals surface area (Å²) in [5, 5.41) is 12.9. The second-order valence-corrected chi connectivity index (χ2v) is 5.74. The SMILES string of the molecule is CN=C1C(NC(C)C)=NCC(=O)N1C1CCC(O)CC1. The Balaban J connectivity index is 2.18. The molecule has 6 nitrogen and oxygen atoms in total. The minimum atomic E-state index is -0.227. The van der Waals surface area contributed by atoms with Gasteiger partial charge in [0, 0.05) is 19.1 Å². The van der Waals surface area contributed by atoms with Crippen LogP contribution in [0, 0.1) is 0 Å². The van der Waals surface area contributed by atoms with Crippen molar-refractivity contribution in [3.05, 3.63) is 0 Å². The summed E-state index contributed by atoms with van der Waals surface area (Å²) in [7, 11) is 1.69. The largest absolute Gasteiger partial charge is 0.393 e. The Kier molecular flexibility index (Phi) is 4.75. The van der Waals surface area contributed by atoms with Gasteiger partial charge < -0.3 is 10.4 Å². The number of aliphatic hydroxyl groups is 1. The molecular weight excluding hydrogens is 256 g/mol. The number of hydrogen-bond acceptors (Lipinski definition) is 5. The quantitative estimate of drug-likeness (QED) is 0.776. The van der Waals surface area contributed by atoms with Crippen LogP contribution >= 0.6 is 0 Å². The summed E-state index contributed by atoms with van der Waals surface area (Å²) in [6.45, 7) is 4.24. The molecule has 0 radical (unpaired) electrons. The summed E-state index contributed by atoms with van der Waals surface area (Å²) in [5.74, 6) is 1.34. The van der Waals surface area contributed by atoms with Crippen LogP contribution in [0.2, 0.25) is 0 Å². The van der Waals surface area contributed by atoms with Crippen LogP contribution in [0.25, 0.3) is 0 Å². The van der Waals surface area contributed by atoms with Gasteiger partial charge in [0.1, 0.15) is 6.54 Å². The summed E-state index contributed by atoms with van der Waals surface area (Å²) in [6, 6.07) is 0.373. The minimum absolute atomic E-state index is 0.00120. The average molecular weight is 280 g/mol. The van der Waals surface area contributed by atoms with Gasteiger partial charge in [-0.15, -0.1) is 0 Å². The molecular formula is C14H24N4O2. The van der Waals surface area contributed by atoms with Crippen molar-refractivity contribution in [3.63, 3.8) is 0 Å². The molecule has 0 saturated heterocycles. The zero-order valence-electron chi connectivity index (χ0n) is 12.5. The molecule has 1 heterocycles. The highest BCUT2D eigenvalue weighted by atomic mass is 16.3. The molecule has 20 heavy (non-hydrogen) atoms. The number of nitrogens with zero attached hydrogens (tertiary/aromatic N) is 3. The van der Waals surface area contributed by atoms with E-state index in [0.29, 0.717) is 11.7 Å². The van der Waals surface area contributed by atoms with Crippen molar-refractivity contribution in [2.24, 2.45) is 9.98 Å². The second kappa shape index (κ2) is 6.35. The molecule has 1 aliphatic carbocycles. The van der Waals surface area contributed by atoms with E-state index in [1.807, 2.05) is 13.8 Å². The normalized spacial score (nSPS) is 29.9. The highest BCUT2D eigenvalue weighted by Gasteiger charge is 2.35. The standard InChI is InChI=1S/C14H24N4O2/c1-9(2)17-13-14(15-3)18(12(20)8-16-13)10-4-6-11(19)7-5-10/h9-11,19H,4-8H2,1-3H3,(H,16,17). The Morgan fingerprint density at radius 2 is 2.00 bits per heavy atom. The predicted octanol–water partition coefficient (Wildman–Crippen LogP) is 0.557. The molecule has 112 valence electrons. The van der Waals surface area contributed by atoms with Gasteiger partial charge in [-0.1, -0.05) is 0 Å². The van der Waals surface area contributed by atoms with Crippen LogP contribution in [0.5, 0.6) is 0 Å². The third kappa shape index (κ3) is 3.17. The Labute approximate surface area is 120 Å². The van der Waals surface area contributed by atoms with E-state index in [1.54, 1.807) is 11.9 Å². The zero-order valence-corrected chi connectivity index (χ0v) is 12.5. The number of aliphatic hydroxyl groups excluding tert-OH is 1. The van der Waals surface area contributed by atoms with Crippen LogP contribution < -0.4 is 5.32 Å². The summed E-state index contributed by atoms with van der Waals surface area (Å²) < 4.78 is 0. The fraction of sp³-hybridized carbons (Fsp3) is 0.786. The second-order valence-electron chi connectivity index (χ2n) is 5.74. The first kappa shape index (κ1) is 15.0. The Morgan fingerprint density at radius 1 is 1.35 bits per heavy atom. The molecule has 0 atom stereocenters. The Bertz CT molecular complexity index is 423. The first-order valence-corrected chi connectivity index (χ1v) is 7.31. The fourth-order valence-electron chi connectivity index (χ4n) is 2.82. The number of nitrogens with one attached hydrogen (secondary N) is 1. The van der Waals surface area contributed by atoms with E-state index in [1.165, 1.54) is 0 Å². The van der Waals surface area contributed by atoms with Gasteiger partial charge in [-0.2, -0.15) is 0 Å². The molecule has 0 aromatic carbocycles. The fourth-order valence-corrected chi connectivity index (χ4v) is 2.82. The lowest BCUT2D eigenvalue weighted by Gasteiger charge is -2.38. The van der Waals surface area contributed by atoms with Crippen LogP contribution in [-0.2, 0) is 4.79 Å². The summed E-state index contributed by atoms with van der Waals surface area (Å²) >= 11 is 0. The molecule has 1 aliphatic heterocycles. The molecule has 1 saturated carbocycles. The lowest BCUT2D eigenvalue weighted by atomic mass is 9.91. The summed E-state index contributed by atoms with van der Waals surface area (Å²) in [4.78, 5) is 22.6. The van der Waals surface area contributed by atoms with Crippen molar-refractivity contribution in [1.82, 2.24) is 10.2 Å². The van der Waals surface area contributed by atoms with Gasteiger partial charge in [-0.25, -0.2) is 0 Å². The Morgan fingerprint density at radius 3 is 2.55 bits per heavy atom. The third-order valence-corrected chi connectivity index (χ3v) is 3.75. The molecule has 1 fully saturated rings. The van der Waals surface area contributed by atoms with E-state index in [4.69, 9.17) is 0 Å². The van der Waals surface area contributed by atoms with Gasteiger partial charge in [0.2, 0.25) is 5.91 Å². The van der Waals surface area contributed by atoms with Crippen molar-refractivity contribution in [2.45, 2.75) is 57.7 Å². The number of amides is 1. The number of carbonyl (C=O) groups is 1. The highest BCUT2D eigenvalue weighted by Crippen LogP contribution is 2.25. The molecule has 2 aliphatic rings. The maximum atomic E-state index is 12.2. The smallest absolute Gasteiger partial charge is 0.250 e. The number of rotatable bonds is 2. The number of amidine groups is 2. The van der Waals surface area contributed by atoms with Crippen LogP contribution in [0.1, 0.15) is 39.5 Å². The van der Waals surface area contributed by atoms with E-state index in [9.17, 15) is 9.90 Å². The minimum Gasteiger partial charge on any atom is -0.393 e. The molecule has 0 spiro atoms. The van der Waals surface area contributed by atoms with Crippen molar-refractivity contribution < 1.29 is 9.90 Å². The van der Waals surface area contributed by atoms with Crippen molar-refractivity contribution in [3.8, 4) is 0 Å². The van der Waals surface area contributed by atoms with Crippen LogP contribution in [0.15, 0.2) is 9.98 Å². The van der Waals surface area contributed by atoms with Gasteiger partial charge >= 0.3 is 0 Å². The number of aliphatic imine (C=N–C) groups is 2. The van der Waals surface area contributed by atoms with Crippen LogP contribution in [0.3, 0.4) is 0 Å². The van der Waals surface area contributed by atoms with E-state index in [2.05, 4.69) is 15.3 Å². The van der Waals surface area contributed by atoms with E-state index < -0.39 is 0 Å². The molecule has 2 N–H and O–H groups in total. The van der Waals surface area contributed by atoms with Crippen molar-refractivity contribution >= 4 is 17.6 Å². The molecule has 0 bridgehead atoms. The Hall–Kier alpha value is -1.43. The summed E-state index contributed by atoms with van der Waals surface area (Å²) in [6.07, 6.45) is 2.90. The molecule has 2 rings (SSSR count). The topological polar surface area (TPSA) is 77.3 Å². The summed E-state index contributed by atoms with van der Waals surface area (Å²) in [5.41, 5.74) is 0. The highest BCUT2D eigenvalue weighted by molar-refractivity contribution is 6.44. The number of carbonyl (C=O) groups excluding carboxylic acids is 1. The van der Waals surface area contributed by atoms with Gasteiger partial charge in [0.05, 0.1) is 6.10 Å².